The van der Waals surface area contributed by atoms with E-state index in [1.54, 1.807) is 6.07 Å². The van der Waals surface area contributed by atoms with E-state index >= 15 is 0 Å². The van der Waals surface area contributed by atoms with E-state index in [4.69, 9.17) is 14.6 Å². The molecule has 0 aromatic heterocycles. The molecule has 6 heteroatoms. The summed E-state index contributed by atoms with van der Waals surface area (Å²) in [5.74, 6) is -2.14. The zero-order valence-electron chi connectivity index (χ0n) is 11.1. The molecular formula is C15H12F2O4. The van der Waals surface area contributed by atoms with Crippen molar-refractivity contribution in [3.8, 4) is 11.5 Å². The second-order valence-electron chi connectivity index (χ2n) is 4.23. The molecule has 0 amide bonds. The predicted octanol–water partition coefficient (Wildman–Crippen LogP) is 3.25. The number of aromatic carboxylic acids is 1. The molecular weight excluding hydrogens is 282 g/mol. The number of carboxylic acid groups (broad SMARTS) is 1. The van der Waals surface area contributed by atoms with E-state index < -0.39 is 17.6 Å². The third kappa shape index (κ3) is 3.68. The van der Waals surface area contributed by atoms with Gasteiger partial charge in [0.15, 0.2) is 0 Å². The first-order valence-electron chi connectivity index (χ1n) is 5.98. The van der Waals surface area contributed by atoms with Crippen LogP contribution in [0.1, 0.15) is 15.9 Å². The van der Waals surface area contributed by atoms with E-state index in [1.165, 1.54) is 25.3 Å². The number of ether oxygens (including phenoxy) is 2. The Bertz CT molecular complexity index is 671. The molecule has 0 unspecified atom stereocenters. The Morgan fingerprint density at radius 1 is 1.14 bits per heavy atom. The summed E-state index contributed by atoms with van der Waals surface area (Å²) in [5.41, 5.74) is 0.0112. The average Bonchev–Trinajstić information content (AvgIpc) is 2.45. The van der Waals surface area contributed by atoms with Gasteiger partial charge in [0.1, 0.15) is 29.7 Å². The number of carboxylic acids is 1. The summed E-state index contributed by atoms with van der Waals surface area (Å²) in [6.07, 6.45) is 0. The third-order valence-electron chi connectivity index (χ3n) is 2.77. The molecule has 0 saturated carbocycles. The van der Waals surface area contributed by atoms with Crippen LogP contribution in [0, 0.1) is 11.6 Å². The monoisotopic (exact) mass is 294 g/mol. The van der Waals surface area contributed by atoms with Crippen molar-refractivity contribution in [2.75, 3.05) is 7.11 Å². The fourth-order valence-electron chi connectivity index (χ4n) is 1.70. The van der Waals surface area contributed by atoms with Gasteiger partial charge in [-0.15, -0.1) is 0 Å². The molecule has 2 rings (SSSR count). The molecule has 0 aliphatic carbocycles. The molecule has 0 aliphatic heterocycles. The Kier molecular flexibility index (Phi) is 4.37. The summed E-state index contributed by atoms with van der Waals surface area (Å²) in [4.78, 5) is 10.8. The zero-order chi connectivity index (χ0) is 15.4. The van der Waals surface area contributed by atoms with Crippen LogP contribution in [-0.2, 0) is 6.61 Å². The lowest BCUT2D eigenvalue weighted by atomic mass is 10.2. The summed E-state index contributed by atoms with van der Waals surface area (Å²) in [6, 6.07) is 7.33. The lowest BCUT2D eigenvalue weighted by molar-refractivity contribution is 0.0695. The van der Waals surface area contributed by atoms with Gasteiger partial charge in [0, 0.05) is 17.7 Å². The number of methoxy groups -OCH3 is 1. The van der Waals surface area contributed by atoms with Crippen molar-refractivity contribution in [2.45, 2.75) is 6.61 Å². The van der Waals surface area contributed by atoms with Crippen molar-refractivity contribution in [1.29, 1.82) is 0 Å². The molecule has 21 heavy (non-hydrogen) atoms. The second-order valence-corrected chi connectivity index (χ2v) is 4.23. The van der Waals surface area contributed by atoms with Crippen LogP contribution in [0.5, 0.6) is 11.5 Å². The van der Waals surface area contributed by atoms with Crippen LogP contribution in [0.4, 0.5) is 8.78 Å². The Balaban J connectivity index is 2.14. The summed E-state index contributed by atoms with van der Waals surface area (Å²) >= 11 is 0. The number of hydrogen-bond donors (Lipinski definition) is 1. The second kappa shape index (κ2) is 6.21. The molecule has 0 radical (unpaired) electrons. The number of carbonyl (C=O) groups is 1. The van der Waals surface area contributed by atoms with E-state index in [0.717, 1.165) is 12.1 Å². The van der Waals surface area contributed by atoms with Gasteiger partial charge in [-0.2, -0.15) is 0 Å². The van der Waals surface area contributed by atoms with Crippen molar-refractivity contribution in [1.82, 2.24) is 0 Å². The Morgan fingerprint density at radius 2 is 1.90 bits per heavy atom. The first-order valence-corrected chi connectivity index (χ1v) is 5.98. The SMILES string of the molecule is COc1ccc(COc2cc(F)cc(C(=O)O)c2)c(F)c1. The van der Waals surface area contributed by atoms with Crippen LogP contribution >= 0.6 is 0 Å². The lowest BCUT2D eigenvalue weighted by Crippen LogP contribution is -2.02. The van der Waals surface area contributed by atoms with Crippen molar-refractivity contribution >= 4 is 5.97 Å². The zero-order valence-corrected chi connectivity index (χ0v) is 11.1. The molecule has 0 fully saturated rings. The minimum absolute atomic E-state index is 0.0163. The van der Waals surface area contributed by atoms with Gasteiger partial charge in [-0.1, -0.05) is 0 Å². The number of hydrogen-bond acceptors (Lipinski definition) is 3. The summed E-state index contributed by atoms with van der Waals surface area (Å²) < 4.78 is 37.1. The third-order valence-corrected chi connectivity index (χ3v) is 2.77. The fourth-order valence-corrected chi connectivity index (χ4v) is 1.70. The van der Waals surface area contributed by atoms with Crippen LogP contribution in [0.15, 0.2) is 36.4 Å². The first-order chi connectivity index (χ1) is 9.99. The Labute approximate surface area is 119 Å². The molecule has 2 aromatic carbocycles. The maximum atomic E-state index is 13.7. The topological polar surface area (TPSA) is 55.8 Å². The molecule has 0 saturated heterocycles. The van der Waals surface area contributed by atoms with Gasteiger partial charge >= 0.3 is 5.97 Å². The van der Waals surface area contributed by atoms with E-state index in [9.17, 15) is 13.6 Å². The van der Waals surface area contributed by atoms with Gasteiger partial charge in [-0.3, -0.25) is 0 Å². The van der Waals surface area contributed by atoms with Crippen molar-refractivity contribution < 1.29 is 28.2 Å². The van der Waals surface area contributed by atoms with Gasteiger partial charge < -0.3 is 14.6 Å². The van der Waals surface area contributed by atoms with Crippen molar-refractivity contribution in [3.63, 3.8) is 0 Å². The molecule has 0 atom stereocenters. The van der Waals surface area contributed by atoms with Crippen molar-refractivity contribution in [3.05, 3.63) is 59.2 Å². The van der Waals surface area contributed by atoms with Crippen LogP contribution in [0.2, 0.25) is 0 Å². The molecule has 110 valence electrons. The lowest BCUT2D eigenvalue weighted by Gasteiger charge is -2.09. The van der Waals surface area contributed by atoms with E-state index in [2.05, 4.69) is 0 Å². The van der Waals surface area contributed by atoms with E-state index in [-0.39, 0.29) is 23.5 Å². The largest absolute Gasteiger partial charge is 0.497 e. The number of halogens is 2. The van der Waals surface area contributed by atoms with Gasteiger partial charge in [0.2, 0.25) is 0 Å². The maximum Gasteiger partial charge on any atom is 0.335 e. The Morgan fingerprint density at radius 3 is 2.52 bits per heavy atom. The van der Waals surface area contributed by atoms with Crippen LogP contribution in [0.25, 0.3) is 0 Å². The predicted molar refractivity (Wildman–Crippen MR) is 70.6 cm³/mol. The molecule has 2 aromatic rings. The Hall–Kier alpha value is -2.63. The van der Waals surface area contributed by atoms with E-state index in [0.29, 0.717) is 5.75 Å². The normalized spacial score (nSPS) is 10.2. The minimum Gasteiger partial charge on any atom is -0.497 e. The van der Waals surface area contributed by atoms with Crippen molar-refractivity contribution in [2.24, 2.45) is 0 Å². The summed E-state index contributed by atoms with van der Waals surface area (Å²) in [6.45, 7) is -0.154. The number of rotatable bonds is 5. The standard InChI is InChI=1S/C15H12F2O4/c1-20-12-3-2-9(14(17)7-12)8-21-13-5-10(15(18)19)4-11(16)6-13/h2-7H,8H2,1H3,(H,18,19). The van der Waals surface area contributed by atoms with Gasteiger partial charge in [-0.25, -0.2) is 13.6 Å². The molecule has 4 nitrogen and oxygen atoms in total. The molecule has 0 aliphatic rings. The number of benzene rings is 2. The molecule has 0 bridgehead atoms. The highest BCUT2D eigenvalue weighted by Crippen LogP contribution is 2.20. The maximum absolute atomic E-state index is 13.7. The average molecular weight is 294 g/mol. The highest BCUT2D eigenvalue weighted by atomic mass is 19.1. The summed E-state index contributed by atoms with van der Waals surface area (Å²) in [5, 5.41) is 8.82. The summed E-state index contributed by atoms with van der Waals surface area (Å²) in [7, 11) is 1.42. The highest BCUT2D eigenvalue weighted by Gasteiger charge is 2.09. The first kappa shape index (κ1) is 14.8. The molecule has 0 spiro atoms. The molecule has 0 heterocycles. The highest BCUT2D eigenvalue weighted by molar-refractivity contribution is 5.88. The quantitative estimate of drug-likeness (QED) is 0.919. The smallest absolute Gasteiger partial charge is 0.335 e. The molecule has 1 N–H and O–H groups in total. The van der Waals surface area contributed by atoms with Gasteiger partial charge in [0.25, 0.3) is 0 Å². The fraction of sp³-hybridized carbons (Fsp3) is 0.133. The van der Waals surface area contributed by atoms with Gasteiger partial charge in [0.05, 0.1) is 12.7 Å². The van der Waals surface area contributed by atoms with Gasteiger partial charge in [-0.05, 0) is 24.3 Å². The van der Waals surface area contributed by atoms with Crippen LogP contribution in [0.3, 0.4) is 0 Å². The van der Waals surface area contributed by atoms with E-state index in [1.807, 2.05) is 0 Å². The minimum atomic E-state index is -1.27. The van der Waals surface area contributed by atoms with Crippen LogP contribution < -0.4 is 9.47 Å². The van der Waals surface area contributed by atoms with Crippen LogP contribution in [-0.4, -0.2) is 18.2 Å².